The summed E-state index contributed by atoms with van der Waals surface area (Å²) in [6.07, 6.45) is 3.21. The number of nitrogens with zero attached hydrogens (tertiary/aromatic N) is 1. The molecule has 0 spiro atoms. The average molecular weight is 224 g/mol. The summed E-state index contributed by atoms with van der Waals surface area (Å²) in [5.74, 6) is -1.41. The van der Waals surface area contributed by atoms with Crippen LogP contribution < -0.4 is 11.1 Å². The first-order valence-electron chi connectivity index (χ1n) is 4.63. The Morgan fingerprint density at radius 3 is 2.56 bits per heavy atom. The molecule has 0 unspecified atom stereocenters. The van der Waals surface area contributed by atoms with E-state index < -0.39 is 11.6 Å². The van der Waals surface area contributed by atoms with E-state index in [9.17, 15) is 8.78 Å². The number of hydrogen-bond donors (Lipinski definition) is 3. The fourth-order valence-corrected chi connectivity index (χ4v) is 1.33. The Labute approximate surface area is 90.5 Å². The molecule has 0 aliphatic heterocycles. The monoisotopic (exact) mass is 224 g/mol. The molecule has 1 aromatic heterocycles. The van der Waals surface area contributed by atoms with Crippen molar-refractivity contribution in [1.82, 2.24) is 10.2 Å². The Bertz CT molecular complexity index is 459. The van der Waals surface area contributed by atoms with Gasteiger partial charge in [0.15, 0.2) is 11.6 Å². The number of nitrogens with one attached hydrogen (secondary N) is 2. The van der Waals surface area contributed by atoms with Crippen molar-refractivity contribution in [3.63, 3.8) is 0 Å². The van der Waals surface area contributed by atoms with Crippen molar-refractivity contribution in [2.45, 2.75) is 6.54 Å². The third kappa shape index (κ3) is 2.10. The first-order valence-corrected chi connectivity index (χ1v) is 4.63. The van der Waals surface area contributed by atoms with E-state index in [0.717, 1.165) is 17.7 Å². The van der Waals surface area contributed by atoms with Crippen LogP contribution >= 0.6 is 0 Å². The zero-order valence-electron chi connectivity index (χ0n) is 8.30. The van der Waals surface area contributed by atoms with Crippen molar-refractivity contribution in [3.05, 3.63) is 41.7 Å². The number of aromatic amines is 1. The SMILES string of the molecule is Nc1cc(F)c(NCc2cn[nH]c2)c(F)c1. The number of rotatable bonds is 3. The smallest absolute Gasteiger partial charge is 0.151 e. The number of anilines is 2. The van der Waals surface area contributed by atoms with Crippen LogP contribution in [0.25, 0.3) is 0 Å². The highest BCUT2D eigenvalue weighted by molar-refractivity contribution is 5.54. The minimum atomic E-state index is -0.707. The molecule has 4 nitrogen and oxygen atoms in total. The molecule has 0 amide bonds. The quantitative estimate of drug-likeness (QED) is 0.697. The summed E-state index contributed by atoms with van der Waals surface area (Å²) in [4.78, 5) is 0. The van der Waals surface area contributed by atoms with Gasteiger partial charge in [0.05, 0.1) is 6.20 Å². The summed E-state index contributed by atoms with van der Waals surface area (Å²) in [7, 11) is 0. The Morgan fingerprint density at radius 1 is 1.31 bits per heavy atom. The molecule has 1 heterocycles. The number of nitrogen functional groups attached to an aromatic ring is 1. The topological polar surface area (TPSA) is 66.7 Å². The molecule has 0 fully saturated rings. The first-order chi connectivity index (χ1) is 7.66. The molecule has 0 aliphatic rings. The Morgan fingerprint density at radius 2 is 2.00 bits per heavy atom. The molecule has 0 saturated carbocycles. The molecule has 2 rings (SSSR count). The lowest BCUT2D eigenvalue weighted by Crippen LogP contribution is -2.04. The molecule has 0 radical (unpaired) electrons. The van der Waals surface area contributed by atoms with Gasteiger partial charge in [-0.2, -0.15) is 5.10 Å². The zero-order valence-corrected chi connectivity index (χ0v) is 8.30. The molecule has 0 atom stereocenters. The zero-order chi connectivity index (χ0) is 11.5. The van der Waals surface area contributed by atoms with Crippen LogP contribution in [0.2, 0.25) is 0 Å². The molecule has 0 saturated heterocycles. The average Bonchev–Trinajstić information content (AvgIpc) is 2.68. The number of aromatic nitrogens is 2. The second-order valence-electron chi connectivity index (χ2n) is 3.32. The lowest BCUT2D eigenvalue weighted by Gasteiger charge is -2.08. The predicted octanol–water partition coefficient (Wildman–Crippen LogP) is 1.88. The van der Waals surface area contributed by atoms with Crippen LogP contribution in [0.4, 0.5) is 20.2 Å². The van der Waals surface area contributed by atoms with Gasteiger partial charge in [0, 0.05) is 24.0 Å². The minimum Gasteiger partial charge on any atom is -0.399 e. The van der Waals surface area contributed by atoms with Gasteiger partial charge in [0.1, 0.15) is 5.69 Å². The summed E-state index contributed by atoms with van der Waals surface area (Å²) in [6.45, 7) is 0.286. The fourth-order valence-electron chi connectivity index (χ4n) is 1.33. The van der Waals surface area contributed by atoms with Crippen LogP contribution in [0.15, 0.2) is 24.5 Å². The normalized spacial score (nSPS) is 10.4. The summed E-state index contributed by atoms with van der Waals surface area (Å²) >= 11 is 0. The molecular formula is C10H10F2N4. The van der Waals surface area contributed by atoms with Gasteiger partial charge >= 0.3 is 0 Å². The van der Waals surface area contributed by atoms with Gasteiger partial charge in [0.25, 0.3) is 0 Å². The maximum Gasteiger partial charge on any atom is 0.151 e. The van der Waals surface area contributed by atoms with Crippen molar-refractivity contribution >= 4 is 11.4 Å². The van der Waals surface area contributed by atoms with Crippen LogP contribution in [0.5, 0.6) is 0 Å². The molecule has 1 aromatic carbocycles. The Kier molecular flexibility index (Phi) is 2.72. The molecule has 0 aliphatic carbocycles. The maximum absolute atomic E-state index is 13.3. The lowest BCUT2D eigenvalue weighted by molar-refractivity contribution is 0.589. The van der Waals surface area contributed by atoms with Crippen molar-refractivity contribution in [3.8, 4) is 0 Å². The largest absolute Gasteiger partial charge is 0.399 e. The summed E-state index contributed by atoms with van der Waals surface area (Å²) in [5, 5.41) is 8.97. The lowest BCUT2D eigenvalue weighted by atomic mass is 10.2. The van der Waals surface area contributed by atoms with Crippen LogP contribution in [-0.2, 0) is 6.54 Å². The van der Waals surface area contributed by atoms with Gasteiger partial charge in [-0.25, -0.2) is 8.78 Å². The van der Waals surface area contributed by atoms with Gasteiger partial charge < -0.3 is 11.1 Å². The molecular weight excluding hydrogens is 214 g/mol. The Hall–Kier alpha value is -2.11. The van der Waals surface area contributed by atoms with E-state index in [4.69, 9.17) is 5.73 Å². The predicted molar refractivity (Wildman–Crippen MR) is 56.7 cm³/mol. The number of H-pyrrole nitrogens is 1. The standard InChI is InChI=1S/C10H10F2N4/c11-8-1-7(13)2-9(12)10(8)14-3-6-4-15-16-5-6/h1-2,4-5,14H,3,13H2,(H,15,16). The van der Waals surface area contributed by atoms with E-state index in [2.05, 4.69) is 15.5 Å². The van der Waals surface area contributed by atoms with Crippen molar-refractivity contribution in [2.75, 3.05) is 11.1 Å². The van der Waals surface area contributed by atoms with E-state index in [1.165, 1.54) is 0 Å². The van der Waals surface area contributed by atoms with Crippen molar-refractivity contribution in [2.24, 2.45) is 0 Å². The highest BCUT2D eigenvalue weighted by Crippen LogP contribution is 2.22. The van der Waals surface area contributed by atoms with Gasteiger partial charge in [-0.3, -0.25) is 5.10 Å². The van der Waals surface area contributed by atoms with Crippen molar-refractivity contribution < 1.29 is 8.78 Å². The van der Waals surface area contributed by atoms with Crippen LogP contribution in [0.1, 0.15) is 5.56 Å². The second kappa shape index (κ2) is 4.18. The molecule has 6 heteroatoms. The second-order valence-corrected chi connectivity index (χ2v) is 3.32. The third-order valence-electron chi connectivity index (χ3n) is 2.09. The summed E-state index contributed by atoms with van der Waals surface area (Å²) in [6, 6.07) is 2.14. The summed E-state index contributed by atoms with van der Waals surface area (Å²) in [5.41, 5.74) is 5.97. The van der Waals surface area contributed by atoms with E-state index in [0.29, 0.717) is 0 Å². The van der Waals surface area contributed by atoms with Crippen LogP contribution in [0, 0.1) is 11.6 Å². The van der Waals surface area contributed by atoms with Gasteiger partial charge in [-0.05, 0) is 12.1 Å². The van der Waals surface area contributed by atoms with Gasteiger partial charge in [0.2, 0.25) is 0 Å². The molecule has 16 heavy (non-hydrogen) atoms. The van der Waals surface area contributed by atoms with Crippen molar-refractivity contribution in [1.29, 1.82) is 0 Å². The number of nitrogens with two attached hydrogens (primary N) is 1. The highest BCUT2D eigenvalue weighted by atomic mass is 19.1. The van der Waals surface area contributed by atoms with Gasteiger partial charge in [-0.15, -0.1) is 0 Å². The van der Waals surface area contributed by atoms with Gasteiger partial charge in [-0.1, -0.05) is 0 Å². The fraction of sp³-hybridized carbons (Fsp3) is 0.100. The summed E-state index contributed by atoms with van der Waals surface area (Å²) < 4.78 is 26.7. The van der Waals surface area contributed by atoms with Crippen LogP contribution in [0.3, 0.4) is 0 Å². The number of hydrogen-bond acceptors (Lipinski definition) is 3. The highest BCUT2D eigenvalue weighted by Gasteiger charge is 2.09. The molecule has 2 aromatic rings. The molecule has 84 valence electrons. The third-order valence-corrected chi connectivity index (χ3v) is 2.09. The Balaban J connectivity index is 2.15. The van der Waals surface area contributed by atoms with E-state index in [1.54, 1.807) is 12.4 Å². The molecule has 0 bridgehead atoms. The minimum absolute atomic E-state index is 0.0591. The number of halogens is 2. The van der Waals surface area contributed by atoms with Crippen LogP contribution in [-0.4, -0.2) is 10.2 Å². The van der Waals surface area contributed by atoms with E-state index in [-0.39, 0.29) is 17.9 Å². The van der Waals surface area contributed by atoms with E-state index >= 15 is 0 Å². The van der Waals surface area contributed by atoms with E-state index in [1.807, 2.05) is 0 Å². The first kappa shape index (κ1) is 10.4. The molecule has 4 N–H and O–H groups in total. The maximum atomic E-state index is 13.3. The number of benzene rings is 1.